The van der Waals surface area contributed by atoms with Crippen LogP contribution in [0.1, 0.15) is 53.2 Å². The number of carbonyl (C=O) groups excluding carboxylic acids is 1. The van der Waals surface area contributed by atoms with E-state index in [-0.39, 0.29) is 11.8 Å². The van der Waals surface area contributed by atoms with E-state index in [2.05, 4.69) is 20.3 Å². The van der Waals surface area contributed by atoms with Gasteiger partial charge in [0.2, 0.25) is 5.95 Å². The highest BCUT2D eigenvalue weighted by atomic mass is 32.1. The lowest BCUT2D eigenvalue weighted by atomic mass is 9.94. The van der Waals surface area contributed by atoms with E-state index in [0.29, 0.717) is 24.3 Å². The van der Waals surface area contributed by atoms with Gasteiger partial charge in [0.05, 0.1) is 11.4 Å². The van der Waals surface area contributed by atoms with Crippen LogP contribution in [-0.2, 0) is 6.42 Å². The molecule has 1 aliphatic rings. The predicted molar refractivity (Wildman–Crippen MR) is 121 cm³/mol. The van der Waals surface area contributed by atoms with Crippen LogP contribution in [0, 0.1) is 6.92 Å². The molecule has 1 N–H and O–H groups in total. The maximum absolute atomic E-state index is 13.3. The number of thiazole rings is 1. The van der Waals surface area contributed by atoms with Crippen molar-refractivity contribution in [1.29, 1.82) is 0 Å². The molecule has 160 valence electrons. The van der Waals surface area contributed by atoms with Gasteiger partial charge in [-0.15, -0.1) is 11.3 Å². The van der Waals surface area contributed by atoms with Crippen molar-refractivity contribution in [2.75, 3.05) is 18.4 Å². The minimum absolute atomic E-state index is 0.0181. The van der Waals surface area contributed by atoms with Crippen molar-refractivity contribution in [3.05, 3.63) is 64.6 Å². The van der Waals surface area contributed by atoms with Crippen LogP contribution in [0.2, 0.25) is 0 Å². The lowest BCUT2D eigenvalue weighted by Crippen LogP contribution is -2.39. The van der Waals surface area contributed by atoms with Crippen LogP contribution in [0.15, 0.2) is 46.4 Å². The Kier molecular flexibility index (Phi) is 5.23. The molecule has 1 aliphatic heterocycles. The zero-order chi connectivity index (χ0) is 21.4. The molecule has 4 aromatic rings. The topological polar surface area (TPSA) is 75.7 Å². The summed E-state index contributed by atoms with van der Waals surface area (Å²) in [6.07, 6.45) is 4.69. The Hall–Kier alpha value is -3.13. The first-order chi connectivity index (χ1) is 15.2. The summed E-state index contributed by atoms with van der Waals surface area (Å²) in [4.78, 5) is 21.3. The van der Waals surface area contributed by atoms with E-state index in [9.17, 15) is 4.79 Å². The van der Waals surface area contributed by atoms with E-state index in [1.54, 1.807) is 11.3 Å². The summed E-state index contributed by atoms with van der Waals surface area (Å²) >= 11 is 1.69. The van der Waals surface area contributed by atoms with Gasteiger partial charge in [0.25, 0.3) is 5.91 Å². The van der Waals surface area contributed by atoms with E-state index in [1.165, 1.54) is 0 Å². The van der Waals surface area contributed by atoms with Crippen molar-refractivity contribution in [1.82, 2.24) is 19.4 Å². The summed E-state index contributed by atoms with van der Waals surface area (Å²) in [5.41, 5.74) is 3.42. The maximum atomic E-state index is 13.3. The molecule has 0 spiro atoms. The standard InChI is InChI=1S/C23H25N5O2S/c1-3-18-19(15(2)30-26-18)21(29)27-11-7-8-16(14-27)20-22-28(12-13-31-22)23(25-20)24-17-9-5-4-6-10-17/h4-6,9-10,12-13,16H,3,7-8,11,14H2,1-2H3,(H,24,25)/t16-/m1/s1. The first-order valence-electron chi connectivity index (χ1n) is 10.7. The highest BCUT2D eigenvalue weighted by Crippen LogP contribution is 2.34. The molecule has 0 unspecified atom stereocenters. The third-order valence-electron chi connectivity index (χ3n) is 5.89. The number of amides is 1. The van der Waals surface area contributed by atoms with Crippen molar-refractivity contribution in [2.45, 2.75) is 39.0 Å². The summed E-state index contributed by atoms with van der Waals surface area (Å²) in [7, 11) is 0. The van der Waals surface area contributed by atoms with Crippen molar-refractivity contribution in [3.8, 4) is 0 Å². The number of hydrogen-bond acceptors (Lipinski definition) is 6. The zero-order valence-electron chi connectivity index (χ0n) is 17.7. The largest absolute Gasteiger partial charge is 0.361 e. The molecule has 1 atom stereocenters. The van der Waals surface area contributed by atoms with Crippen LogP contribution >= 0.6 is 11.3 Å². The number of imidazole rings is 1. The van der Waals surface area contributed by atoms with Gasteiger partial charge in [-0.25, -0.2) is 4.98 Å². The number of para-hydroxylation sites is 1. The number of anilines is 2. The molecule has 0 radical (unpaired) electrons. The second kappa shape index (κ2) is 8.19. The number of rotatable bonds is 5. The average Bonchev–Trinajstić information content (AvgIpc) is 3.50. The summed E-state index contributed by atoms with van der Waals surface area (Å²) < 4.78 is 7.40. The molecule has 5 rings (SSSR count). The maximum Gasteiger partial charge on any atom is 0.259 e. The molecule has 0 aliphatic carbocycles. The van der Waals surface area contributed by atoms with E-state index >= 15 is 0 Å². The number of piperidine rings is 1. The first-order valence-corrected chi connectivity index (χ1v) is 11.6. The number of likely N-dealkylation sites (tertiary alicyclic amines) is 1. The Labute approximate surface area is 184 Å². The minimum atomic E-state index is 0.0181. The molecule has 4 heterocycles. The lowest BCUT2D eigenvalue weighted by molar-refractivity contribution is 0.0704. The third kappa shape index (κ3) is 3.61. The van der Waals surface area contributed by atoms with Crippen LogP contribution in [0.4, 0.5) is 11.6 Å². The summed E-state index contributed by atoms with van der Waals surface area (Å²) in [6, 6.07) is 10.1. The van der Waals surface area contributed by atoms with Gasteiger partial charge < -0.3 is 14.7 Å². The first kappa shape index (κ1) is 19.8. The molecule has 8 heteroatoms. The second-order valence-electron chi connectivity index (χ2n) is 7.89. The molecule has 1 aromatic carbocycles. The average molecular weight is 436 g/mol. The fourth-order valence-electron chi connectivity index (χ4n) is 4.33. The Morgan fingerprint density at radius 1 is 1.32 bits per heavy atom. The summed E-state index contributed by atoms with van der Waals surface area (Å²) in [5, 5.41) is 9.57. The normalized spacial score (nSPS) is 16.7. The Morgan fingerprint density at radius 3 is 2.97 bits per heavy atom. The predicted octanol–water partition coefficient (Wildman–Crippen LogP) is 5.02. The third-order valence-corrected chi connectivity index (χ3v) is 6.78. The number of aromatic nitrogens is 3. The smallest absolute Gasteiger partial charge is 0.259 e. The van der Waals surface area contributed by atoms with Crippen LogP contribution in [0.25, 0.3) is 4.83 Å². The van der Waals surface area contributed by atoms with E-state index in [0.717, 1.165) is 47.2 Å². The van der Waals surface area contributed by atoms with Crippen molar-refractivity contribution in [3.63, 3.8) is 0 Å². The molecule has 1 amide bonds. The van der Waals surface area contributed by atoms with Gasteiger partial charge in [-0.1, -0.05) is 30.3 Å². The molecule has 0 saturated carbocycles. The Balaban J connectivity index is 1.42. The van der Waals surface area contributed by atoms with Gasteiger partial charge >= 0.3 is 0 Å². The van der Waals surface area contributed by atoms with E-state index in [1.807, 2.05) is 55.3 Å². The molecular formula is C23H25N5O2S. The second-order valence-corrected chi connectivity index (χ2v) is 8.79. The number of benzene rings is 1. The zero-order valence-corrected chi connectivity index (χ0v) is 18.5. The van der Waals surface area contributed by atoms with Gasteiger partial charge in [0.15, 0.2) is 0 Å². The summed E-state index contributed by atoms with van der Waals surface area (Å²) in [5.74, 6) is 1.62. The molecule has 0 bridgehead atoms. The highest BCUT2D eigenvalue weighted by molar-refractivity contribution is 7.15. The van der Waals surface area contributed by atoms with Gasteiger partial charge in [0, 0.05) is 36.3 Å². The lowest BCUT2D eigenvalue weighted by Gasteiger charge is -2.32. The quantitative estimate of drug-likeness (QED) is 0.476. The number of nitrogens with one attached hydrogen (secondary N) is 1. The van der Waals surface area contributed by atoms with Gasteiger partial charge in [-0.05, 0) is 38.3 Å². The number of hydrogen-bond donors (Lipinski definition) is 1. The van der Waals surface area contributed by atoms with Gasteiger partial charge in [-0.2, -0.15) is 0 Å². The van der Waals surface area contributed by atoms with Crippen LogP contribution in [0.5, 0.6) is 0 Å². The molecular weight excluding hydrogens is 410 g/mol. The van der Waals surface area contributed by atoms with Crippen molar-refractivity contribution < 1.29 is 9.32 Å². The van der Waals surface area contributed by atoms with Crippen LogP contribution in [0.3, 0.4) is 0 Å². The van der Waals surface area contributed by atoms with Crippen LogP contribution < -0.4 is 5.32 Å². The number of nitrogens with zero attached hydrogens (tertiary/aromatic N) is 4. The van der Waals surface area contributed by atoms with E-state index in [4.69, 9.17) is 9.51 Å². The SMILES string of the molecule is CCc1noc(C)c1C(=O)N1CCC[C@@H](c2nc(Nc3ccccc3)n3ccsc23)C1. The number of aryl methyl sites for hydroxylation is 2. The fourth-order valence-corrected chi connectivity index (χ4v) is 5.23. The monoisotopic (exact) mass is 435 g/mol. The fraction of sp³-hybridized carbons (Fsp3) is 0.348. The molecule has 7 nitrogen and oxygen atoms in total. The molecule has 1 saturated heterocycles. The minimum Gasteiger partial charge on any atom is -0.361 e. The van der Waals surface area contributed by atoms with Crippen molar-refractivity contribution >= 4 is 33.7 Å². The Bertz CT molecular complexity index is 1210. The van der Waals surface area contributed by atoms with Crippen LogP contribution in [-0.4, -0.2) is 38.4 Å². The van der Waals surface area contributed by atoms with Gasteiger partial charge in [0.1, 0.15) is 16.2 Å². The van der Waals surface area contributed by atoms with Gasteiger partial charge in [-0.3, -0.25) is 9.20 Å². The molecule has 1 fully saturated rings. The number of fused-ring (bicyclic) bond motifs is 1. The summed E-state index contributed by atoms with van der Waals surface area (Å²) in [6.45, 7) is 5.21. The van der Waals surface area contributed by atoms with Crippen molar-refractivity contribution in [2.24, 2.45) is 0 Å². The number of carbonyl (C=O) groups is 1. The van der Waals surface area contributed by atoms with E-state index < -0.39 is 0 Å². The molecule has 3 aromatic heterocycles. The Morgan fingerprint density at radius 2 is 2.16 bits per heavy atom. The molecule has 31 heavy (non-hydrogen) atoms. The highest BCUT2D eigenvalue weighted by Gasteiger charge is 2.32.